The Morgan fingerprint density at radius 3 is 2.67 bits per heavy atom. The standard InChI is InChI=1S/C15H19NOS/c1-15(2,3)13-10-18-14(16-13)9-11-6-5-7-12(8-11)17-4/h5-8,10H,9H2,1-4H3. The molecule has 0 spiro atoms. The molecule has 0 aliphatic rings. The average Bonchev–Trinajstić information content (AvgIpc) is 2.77. The van der Waals surface area contributed by atoms with E-state index in [2.05, 4.69) is 38.3 Å². The molecule has 0 N–H and O–H groups in total. The topological polar surface area (TPSA) is 22.1 Å². The van der Waals surface area contributed by atoms with Gasteiger partial charge in [-0.2, -0.15) is 0 Å². The number of methoxy groups -OCH3 is 1. The van der Waals surface area contributed by atoms with Crippen LogP contribution in [0.15, 0.2) is 29.6 Å². The Labute approximate surface area is 113 Å². The average molecular weight is 261 g/mol. The molecule has 0 radical (unpaired) electrons. The monoisotopic (exact) mass is 261 g/mol. The van der Waals surface area contributed by atoms with Crippen LogP contribution in [0, 0.1) is 0 Å². The number of thiazole rings is 1. The van der Waals surface area contributed by atoms with E-state index in [0.717, 1.165) is 17.2 Å². The second kappa shape index (κ2) is 5.11. The highest BCUT2D eigenvalue weighted by Gasteiger charge is 2.17. The summed E-state index contributed by atoms with van der Waals surface area (Å²) >= 11 is 1.73. The van der Waals surface area contributed by atoms with Crippen molar-refractivity contribution < 1.29 is 4.74 Å². The summed E-state index contributed by atoms with van der Waals surface area (Å²) in [6.07, 6.45) is 0.873. The zero-order valence-electron chi connectivity index (χ0n) is 11.4. The van der Waals surface area contributed by atoms with Crippen molar-refractivity contribution in [2.24, 2.45) is 0 Å². The lowest BCUT2D eigenvalue weighted by Gasteiger charge is -2.14. The molecule has 96 valence electrons. The largest absolute Gasteiger partial charge is 0.497 e. The highest BCUT2D eigenvalue weighted by atomic mass is 32.1. The van der Waals surface area contributed by atoms with Crippen molar-refractivity contribution in [3.63, 3.8) is 0 Å². The Kier molecular flexibility index (Phi) is 3.71. The van der Waals surface area contributed by atoms with Crippen molar-refractivity contribution >= 4 is 11.3 Å². The van der Waals surface area contributed by atoms with Crippen LogP contribution in [0.2, 0.25) is 0 Å². The fraction of sp³-hybridized carbons (Fsp3) is 0.400. The van der Waals surface area contributed by atoms with Crippen molar-refractivity contribution in [3.8, 4) is 5.75 Å². The van der Waals surface area contributed by atoms with Gasteiger partial charge in [-0.15, -0.1) is 11.3 Å². The van der Waals surface area contributed by atoms with Crippen LogP contribution >= 0.6 is 11.3 Å². The summed E-state index contributed by atoms with van der Waals surface area (Å²) in [5.74, 6) is 0.903. The Morgan fingerprint density at radius 1 is 1.28 bits per heavy atom. The van der Waals surface area contributed by atoms with Crippen LogP contribution < -0.4 is 4.74 Å². The van der Waals surface area contributed by atoms with E-state index in [4.69, 9.17) is 9.72 Å². The molecule has 1 aromatic carbocycles. The molecule has 0 fully saturated rings. The number of hydrogen-bond donors (Lipinski definition) is 0. The summed E-state index contributed by atoms with van der Waals surface area (Å²) in [5, 5.41) is 3.32. The number of ether oxygens (including phenoxy) is 1. The van der Waals surface area contributed by atoms with Gasteiger partial charge >= 0.3 is 0 Å². The molecular weight excluding hydrogens is 242 g/mol. The van der Waals surface area contributed by atoms with E-state index in [9.17, 15) is 0 Å². The van der Waals surface area contributed by atoms with Crippen molar-refractivity contribution in [1.82, 2.24) is 4.98 Å². The third-order valence-corrected chi connectivity index (χ3v) is 3.66. The van der Waals surface area contributed by atoms with Gasteiger partial charge in [0.1, 0.15) is 5.75 Å². The Morgan fingerprint density at radius 2 is 2.06 bits per heavy atom. The number of nitrogens with zero attached hydrogens (tertiary/aromatic N) is 1. The zero-order valence-corrected chi connectivity index (χ0v) is 12.2. The second-order valence-electron chi connectivity index (χ2n) is 5.40. The summed E-state index contributed by atoms with van der Waals surface area (Å²) < 4.78 is 5.24. The first-order chi connectivity index (χ1) is 8.49. The Hall–Kier alpha value is -1.35. The minimum Gasteiger partial charge on any atom is -0.497 e. The van der Waals surface area contributed by atoms with E-state index in [1.54, 1.807) is 18.4 Å². The maximum Gasteiger partial charge on any atom is 0.119 e. The minimum absolute atomic E-state index is 0.128. The lowest BCUT2D eigenvalue weighted by atomic mass is 9.93. The van der Waals surface area contributed by atoms with E-state index < -0.39 is 0 Å². The van der Waals surface area contributed by atoms with E-state index in [1.807, 2.05) is 12.1 Å². The first-order valence-electron chi connectivity index (χ1n) is 6.07. The Bertz CT molecular complexity index is 525. The van der Waals surface area contributed by atoms with Crippen LogP contribution in [0.25, 0.3) is 0 Å². The molecule has 2 aromatic rings. The molecular formula is C15H19NOS. The molecule has 1 heterocycles. The van der Waals surface area contributed by atoms with Crippen LogP contribution in [0.4, 0.5) is 0 Å². The molecule has 0 aliphatic heterocycles. The summed E-state index contributed by atoms with van der Waals surface area (Å²) in [6.45, 7) is 6.58. The molecule has 18 heavy (non-hydrogen) atoms. The molecule has 0 unspecified atom stereocenters. The van der Waals surface area contributed by atoms with Crippen LogP contribution in [0.1, 0.15) is 37.0 Å². The molecule has 2 rings (SSSR count). The number of rotatable bonds is 3. The predicted octanol–water partition coefficient (Wildman–Crippen LogP) is 4.04. The van der Waals surface area contributed by atoms with Gasteiger partial charge in [0.25, 0.3) is 0 Å². The van der Waals surface area contributed by atoms with E-state index in [-0.39, 0.29) is 5.41 Å². The quantitative estimate of drug-likeness (QED) is 0.832. The predicted molar refractivity (Wildman–Crippen MR) is 76.6 cm³/mol. The second-order valence-corrected chi connectivity index (χ2v) is 6.35. The van der Waals surface area contributed by atoms with Gasteiger partial charge < -0.3 is 4.74 Å². The van der Waals surface area contributed by atoms with Crippen LogP contribution in [-0.4, -0.2) is 12.1 Å². The van der Waals surface area contributed by atoms with Gasteiger partial charge in [-0.1, -0.05) is 32.9 Å². The van der Waals surface area contributed by atoms with E-state index in [0.29, 0.717) is 0 Å². The van der Waals surface area contributed by atoms with Gasteiger partial charge in [-0.25, -0.2) is 4.98 Å². The van der Waals surface area contributed by atoms with Gasteiger partial charge in [-0.05, 0) is 17.7 Å². The van der Waals surface area contributed by atoms with Crippen LogP contribution in [-0.2, 0) is 11.8 Å². The van der Waals surface area contributed by atoms with Crippen molar-refractivity contribution in [2.75, 3.05) is 7.11 Å². The van der Waals surface area contributed by atoms with E-state index in [1.165, 1.54) is 11.3 Å². The zero-order chi connectivity index (χ0) is 13.2. The molecule has 0 aliphatic carbocycles. The van der Waals surface area contributed by atoms with Gasteiger partial charge in [0.2, 0.25) is 0 Å². The molecule has 1 aromatic heterocycles. The fourth-order valence-corrected chi connectivity index (χ4v) is 2.75. The fourth-order valence-electron chi connectivity index (χ4n) is 1.69. The van der Waals surface area contributed by atoms with Crippen molar-refractivity contribution in [1.29, 1.82) is 0 Å². The molecule has 0 atom stereocenters. The molecule has 0 amide bonds. The lowest BCUT2D eigenvalue weighted by molar-refractivity contribution is 0.414. The lowest BCUT2D eigenvalue weighted by Crippen LogP contribution is -2.11. The van der Waals surface area contributed by atoms with Crippen molar-refractivity contribution in [3.05, 3.63) is 45.9 Å². The third-order valence-electron chi connectivity index (χ3n) is 2.81. The van der Waals surface area contributed by atoms with Gasteiger partial charge in [-0.3, -0.25) is 0 Å². The third kappa shape index (κ3) is 3.10. The van der Waals surface area contributed by atoms with Crippen molar-refractivity contribution in [2.45, 2.75) is 32.6 Å². The highest BCUT2D eigenvalue weighted by molar-refractivity contribution is 7.09. The highest BCUT2D eigenvalue weighted by Crippen LogP contribution is 2.25. The summed E-state index contributed by atoms with van der Waals surface area (Å²) in [4.78, 5) is 4.71. The maximum absolute atomic E-state index is 5.24. The number of hydrogen-bond acceptors (Lipinski definition) is 3. The number of benzene rings is 1. The van der Waals surface area contributed by atoms with Gasteiger partial charge in [0.15, 0.2) is 0 Å². The Balaban J connectivity index is 2.16. The minimum atomic E-state index is 0.128. The molecule has 2 nitrogen and oxygen atoms in total. The normalized spacial score (nSPS) is 11.6. The first kappa shape index (κ1) is 13.1. The molecule has 0 bridgehead atoms. The molecule has 3 heteroatoms. The maximum atomic E-state index is 5.24. The van der Waals surface area contributed by atoms with Gasteiger partial charge in [0, 0.05) is 17.2 Å². The van der Waals surface area contributed by atoms with Crippen LogP contribution in [0.3, 0.4) is 0 Å². The summed E-state index contributed by atoms with van der Waals surface area (Å²) in [5.41, 5.74) is 2.54. The SMILES string of the molecule is COc1cccc(Cc2nc(C(C)(C)C)cs2)c1. The van der Waals surface area contributed by atoms with E-state index >= 15 is 0 Å². The molecule has 0 saturated heterocycles. The number of aromatic nitrogens is 1. The van der Waals surface area contributed by atoms with Crippen LogP contribution in [0.5, 0.6) is 5.75 Å². The summed E-state index contributed by atoms with van der Waals surface area (Å²) in [6, 6.07) is 8.16. The first-order valence-corrected chi connectivity index (χ1v) is 6.95. The molecule has 0 saturated carbocycles. The van der Waals surface area contributed by atoms with Gasteiger partial charge in [0.05, 0.1) is 17.8 Å². The summed E-state index contributed by atoms with van der Waals surface area (Å²) in [7, 11) is 1.69. The smallest absolute Gasteiger partial charge is 0.119 e.